The second-order valence-corrected chi connectivity index (χ2v) is 12.0. The zero-order valence-corrected chi connectivity index (χ0v) is 25.9. The number of nitriles is 1. The van der Waals surface area contributed by atoms with E-state index >= 15 is 0 Å². The number of carbonyl (C=O) groups is 1. The number of hydrogen-bond acceptors (Lipinski definition) is 7. The molecule has 0 bridgehead atoms. The highest BCUT2D eigenvalue weighted by Crippen LogP contribution is 2.37. The molecule has 1 aliphatic heterocycles. The maximum Gasteiger partial charge on any atom is 0.261 e. The first-order chi connectivity index (χ1) is 21.7. The van der Waals surface area contributed by atoms with Gasteiger partial charge >= 0.3 is 0 Å². The predicted octanol–water partition coefficient (Wildman–Crippen LogP) is 5.63. The fourth-order valence-electron chi connectivity index (χ4n) is 6.34. The van der Waals surface area contributed by atoms with Crippen molar-refractivity contribution >= 4 is 22.9 Å². The fourth-order valence-corrected chi connectivity index (χ4v) is 6.34. The van der Waals surface area contributed by atoms with Crippen LogP contribution in [0.2, 0.25) is 0 Å². The van der Waals surface area contributed by atoms with Crippen molar-refractivity contribution in [2.24, 2.45) is 0 Å². The molecule has 1 fully saturated rings. The normalized spacial score (nSPS) is 14.1. The SMILES string of the molecule is Cc1c(-c2cccc(C#N)c2)c(=O)c(C(=O)Nc2ccc(-c3cc(C4CCN(C)CC4)n4ncnc(N)c34)cc2)cn1C(C)C. The van der Waals surface area contributed by atoms with E-state index in [9.17, 15) is 14.9 Å². The molecule has 228 valence electrons. The number of anilines is 2. The number of amides is 1. The van der Waals surface area contributed by atoms with Gasteiger partial charge in [0.05, 0.1) is 11.6 Å². The molecule has 3 aromatic heterocycles. The van der Waals surface area contributed by atoms with Gasteiger partial charge in [-0.15, -0.1) is 0 Å². The summed E-state index contributed by atoms with van der Waals surface area (Å²) in [6.07, 6.45) is 5.19. The van der Waals surface area contributed by atoms with Crippen molar-refractivity contribution in [3.63, 3.8) is 0 Å². The first kappa shape index (κ1) is 29.8. The molecule has 6 rings (SSSR count). The number of aromatic nitrogens is 4. The minimum Gasteiger partial charge on any atom is -0.382 e. The smallest absolute Gasteiger partial charge is 0.261 e. The maximum absolute atomic E-state index is 13.8. The molecule has 10 nitrogen and oxygen atoms in total. The van der Waals surface area contributed by atoms with Crippen LogP contribution in [-0.4, -0.2) is 50.1 Å². The standard InChI is InChI=1S/C35H36N8O2/c1-21(2)42-19-29(33(44)31(22(42)3)26-7-5-6-23(16-26)18-36)35(45)40-27-10-8-24(9-11-27)28-17-30(25-12-14-41(4)15-13-25)43-32(28)34(37)38-20-39-43/h5-11,16-17,19-21,25H,12-15H2,1-4H3,(H,40,45)(H2,37,38,39). The largest absolute Gasteiger partial charge is 0.382 e. The van der Waals surface area contributed by atoms with Gasteiger partial charge in [-0.2, -0.15) is 10.4 Å². The van der Waals surface area contributed by atoms with Crippen LogP contribution in [0.4, 0.5) is 11.5 Å². The van der Waals surface area contributed by atoms with E-state index in [1.54, 1.807) is 30.5 Å². The molecule has 5 aromatic rings. The highest BCUT2D eigenvalue weighted by molar-refractivity contribution is 6.05. The summed E-state index contributed by atoms with van der Waals surface area (Å²) in [6, 6.07) is 18.7. The van der Waals surface area contributed by atoms with Crippen molar-refractivity contribution in [1.82, 2.24) is 24.1 Å². The summed E-state index contributed by atoms with van der Waals surface area (Å²) in [4.78, 5) is 33.9. The number of nitrogens with two attached hydrogens (primary N) is 1. The molecule has 0 spiro atoms. The number of rotatable bonds is 6. The number of nitrogen functional groups attached to an aromatic ring is 1. The molecule has 0 aliphatic carbocycles. The van der Waals surface area contributed by atoms with Gasteiger partial charge in [-0.1, -0.05) is 24.3 Å². The average molecular weight is 601 g/mol. The number of carbonyl (C=O) groups excluding carboxylic acids is 1. The number of piperidine rings is 1. The molecular formula is C35H36N8O2. The average Bonchev–Trinajstić information content (AvgIpc) is 3.43. The monoisotopic (exact) mass is 600 g/mol. The van der Waals surface area contributed by atoms with Gasteiger partial charge in [0.15, 0.2) is 5.82 Å². The minimum atomic E-state index is -0.503. The molecule has 0 unspecified atom stereocenters. The highest BCUT2D eigenvalue weighted by Gasteiger charge is 2.25. The van der Waals surface area contributed by atoms with Gasteiger partial charge in [0.2, 0.25) is 5.43 Å². The first-order valence-corrected chi connectivity index (χ1v) is 15.1. The van der Waals surface area contributed by atoms with E-state index in [-0.39, 0.29) is 17.0 Å². The van der Waals surface area contributed by atoms with Gasteiger partial charge in [-0.05, 0) is 95.2 Å². The van der Waals surface area contributed by atoms with Gasteiger partial charge < -0.3 is 20.5 Å². The zero-order chi connectivity index (χ0) is 31.8. The van der Waals surface area contributed by atoms with Crippen LogP contribution in [0.15, 0.2) is 71.9 Å². The Morgan fingerprint density at radius 1 is 1.09 bits per heavy atom. The fraction of sp³-hybridized carbons (Fsp3) is 0.286. The van der Waals surface area contributed by atoms with Crippen molar-refractivity contribution < 1.29 is 4.79 Å². The Labute approximate surface area is 261 Å². The van der Waals surface area contributed by atoms with E-state index < -0.39 is 5.91 Å². The predicted molar refractivity (Wildman–Crippen MR) is 176 cm³/mol. The van der Waals surface area contributed by atoms with Crippen LogP contribution >= 0.6 is 0 Å². The molecular weight excluding hydrogens is 564 g/mol. The summed E-state index contributed by atoms with van der Waals surface area (Å²) >= 11 is 0. The zero-order valence-electron chi connectivity index (χ0n) is 25.9. The Hall–Kier alpha value is -5.27. The maximum atomic E-state index is 13.8. The summed E-state index contributed by atoms with van der Waals surface area (Å²) in [6.45, 7) is 7.90. The third-order valence-electron chi connectivity index (χ3n) is 8.77. The number of benzene rings is 2. The van der Waals surface area contributed by atoms with Crippen LogP contribution in [0.1, 0.15) is 66.0 Å². The Morgan fingerprint density at radius 2 is 1.82 bits per heavy atom. The Bertz CT molecular complexity index is 2010. The second-order valence-electron chi connectivity index (χ2n) is 12.0. The van der Waals surface area contributed by atoms with E-state index in [0.717, 1.165) is 54.0 Å². The van der Waals surface area contributed by atoms with E-state index in [1.807, 2.05) is 54.1 Å². The van der Waals surface area contributed by atoms with Crippen molar-refractivity contribution in [1.29, 1.82) is 5.26 Å². The lowest BCUT2D eigenvalue weighted by Crippen LogP contribution is -2.29. The lowest BCUT2D eigenvalue weighted by molar-refractivity contribution is 0.102. The number of nitrogens with zero attached hydrogens (tertiary/aromatic N) is 6. The van der Waals surface area contributed by atoms with E-state index in [4.69, 9.17) is 5.73 Å². The first-order valence-electron chi connectivity index (χ1n) is 15.1. The highest BCUT2D eigenvalue weighted by atomic mass is 16.2. The van der Waals surface area contributed by atoms with Crippen LogP contribution in [0.5, 0.6) is 0 Å². The van der Waals surface area contributed by atoms with Gasteiger partial charge in [0, 0.05) is 46.4 Å². The van der Waals surface area contributed by atoms with Gasteiger partial charge in [-0.25, -0.2) is 9.50 Å². The molecule has 0 saturated carbocycles. The minimum absolute atomic E-state index is 0.00222. The third-order valence-corrected chi connectivity index (χ3v) is 8.77. The van der Waals surface area contributed by atoms with Crippen LogP contribution in [0.3, 0.4) is 0 Å². The van der Waals surface area contributed by atoms with E-state index in [1.165, 1.54) is 6.33 Å². The number of nitrogens with one attached hydrogen (secondary N) is 1. The van der Waals surface area contributed by atoms with Crippen molar-refractivity contribution in [2.75, 3.05) is 31.2 Å². The second kappa shape index (κ2) is 12.0. The summed E-state index contributed by atoms with van der Waals surface area (Å²) in [5.41, 5.74) is 12.5. The lowest BCUT2D eigenvalue weighted by Gasteiger charge is -2.28. The topological polar surface area (TPSA) is 134 Å². The molecule has 1 aliphatic rings. The van der Waals surface area contributed by atoms with Crippen LogP contribution < -0.4 is 16.5 Å². The number of fused-ring (bicyclic) bond motifs is 1. The van der Waals surface area contributed by atoms with Crippen LogP contribution in [0.25, 0.3) is 27.8 Å². The van der Waals surface area contributed by atoms with Gasteiger partial charge in [0.25, 0.3) is 5.91 Å². The molecule has 0 radical (unpaired) electrons. The number of likely N-dealkylation sites (tertiary alicyclic amines) is 1. The molecule has 10 heteroatoms. The molecule has 3 N–H and O–H groups in total. The van der Waals surface area contributed by atoms with Crippen molar-refractivity contribution in [2.45, 2.75) is 45.6 Å². The summed E-state index contributed by atoms with van der Waals surface area (Å²) in [5, 5.41) is 16.9. The summed E-state index contributed by atoms with van der Waals surface area (Å²) < 4.78 is 3.84. The van der Waals surface area contributed by atoms with Gasteiger partial charge in [0.1, 0.15) is 17.4 Å². The quantitative estimate of drug-likeness (QED) is 0.258. The molecule has 0 atom stereocenters. The Balaban J connectivity index is 1.33. The third kappa shape index (κ3) is 5.58. The van der Waals surface area contributed by atoms with Gasteiger partial charge in [-0.3, -0.25) is 9.59 Å². The molecule has 4 heterocycles. The Kier molecular flexibility index (Phi) is 7.96. The Morgan fingerprint density at radius 3 is 2.51 bits per heavy atom. The van der Waals surface area contributed by atoms with E-state index in [2.05, 4.69) is 39.5 Å². The lowest BCUT2D eigenvalue weighted by atomic mass is 9.93. The number of hydrogen-bond donors (Lipinski definition) is 2. The molecule has 2 aromatic carbocycles. The summed E-state index contributed by atoms with van der Waals surface area (Å²) in [7, 11) is 2.14. The summed E-state index contributed by atoms with van der Waals surface area (Å²) in [5.74, 6) is 0.275. The molecule has 45 heavy (non-hydrogen) atoms. The van der Waals surface area contributed by atoms with Crippen LogP contribution in [0, 0.1) is 18.3 Å². The number of pyridine rings is 1. The molecule has 1 amide bonds. The van der Waals surface area contributed by atoms with E-state index in [0.29, 0.717) is 34.1 Å². The van der Waals surface area contributed by atoms with Crippen molar-refractivity contribution in [3.05, 3.63) is 99.9 Å². The van der Waals surface area contributed by atoms with Crippen molar-refractivity contribution in [3.8, 4) is 28.3 Å². The molecule has 1 saturated heterocycles. The van der Waals surface area contributed by atoms with Crippen LogP contribution in [-0.2, 0) is 0 Å².